The lowest BCUT2D eigenvalue weighted by Crippen LogP contribution is -1.96. The Morgan fingerprint density at radius 3 is 1.70 bits per heavy atom. The van der Waals surface area contributed by atoms with Gasteiger partial charge in [0, 0.05) is 36.9 Å². The van der Waals surface area contributed by atoms with Crippen LogP contribution < -0.4 is 0 Å². The fraction of sp³-hybridized carbons (Fsp3) is 0. The van der Waals surface area contributed by atoms with Crippen molar-refractivity contribution in [1.29, 1.82) is 0 Å². The van der Waals surface area contributed by atoms with Gasteiger partial charge >= 0.3 is 0 Å². The second-order valence-electron chi connectivity index (χ2n) is 11.0. The summed E-state index contributed by atoms with van der Waals surface area (Å²) in [5.74, 6) is 0.729. The maximum Gasteiger partial charge on any atom is 0.160 e. The van der Waals surface area contributed by atoms with Crippen LogP contribution >= 0.6 is 11.3 Å². The maximum absolute atomic E-state index is 5.12. The van der Waals surface area contributed by atoms with Crippen molar-refractivity contribution in [2.45, 2.75) is 0 Å². The molecule has 0 unspecified atom stereocenters. The van der Waals surface area contributed by atoms with Gasteiger partial charge in [0.15, 0.2) is 5.82 Å². The van der Waals surface area contributed by atoms with Gasteiger partial charge in [-0.05, 0) is 56.6 Å². The summed E-state index contributed by atoms with van der Waals surface area (Å²) in [6.07, 6.45) is 0. The summed E-state index contributed by atoms with van der Waals surface area (Å²) >= 11 is 1.87. The number of fused-ring (bicyclic) bond motifs is 10. The molecule has 2 aromatic heterocycles. The van der Waals surface area contributed by atoms with E-state index in [4.69, 9.17) is 9.97 Å². The molecule has 0 saturated heterocycles. The topological polar surface area (TPSA) is 25.8 Å². The molecule has 0 spiro atoms. The molecular formula is C40H24N2S. The summed E-state index contributed by atoms with van der Waals surface area (Å²) < 4.78 is 2.65. The monoisotopic (exact) mass is 564 g/mol. The van der Waals surface area contributed by atoms with Crippen LogP contribution in [0.3, 0.4) is 0 Å². The van der Waals surface area contributed by atoms with Gasteiger partial charge in [-0.3, -0.25) is 0 Å². The van der Waals surface area contributed by atoms with E-state index in [0.717, 1.165) is 33.9 Å². The van der Waals surface area contributed by atoms with Gasteiger partial charge in [-0.15, -0.1) is 11.3 Å². The molecule has 0 N–H and O–H groups in total. The zero-order valence-corrected chi connectivity index (χ0v) is 24.0. The predicted molar refractivity (Wildman–Crippen MR) is 184 cm³/mol. The normalized spacial score (nSPS) is 11.7. The van der Waals surface area contributed by atoms with Crippen LogP contribution in [0.15, 0.2) is 146 Å². The number of nitrogens with zero attached hydrogens (tertiary/aromatic N) is 2. The number of hydrogen-bond donors (Lipinski definition) is 0. The predicted octanol–water partition coefficient (Wildman–Crippen LogP) is 11.3. The molecule has 2 nitrogen and oxygen atoms in total. The molecule has 0 atom stereocenters. The van der Waals surface area contributed by atoms with Crippen LogP contribution in [0.5, 0.6) is 0 Å². The van der Waals surface area contributed by atoms with E-state index in [1.165, 1.54) is 52.5 Å². The van der Waals surface area contributed by atoms with E-state index in [0.29, 0.717) is 0 Å². The fourth-order valence-corrected chi connectivity index (χ4v) is 7.60. The Morgan fingerprint density at radius 2 is 0.930 bits per heavy atom. The molecule has 9 rings (SSSR count). The molecule has 0 radical (unpaired) electrons. The fourth-order valence-electron chi connectivity index (χ4n) is 6.49. The Hall–Kier alpha value is -5.38. The largest absolute Gasteiger partial charge is 0.228 e. The van der Waals surface area contributed by atoms with E-state index in [2.05, 4.69) is 121 Å². The van der Waals surface area contributed by atoms with Crippen molar-refractivity contribution < 1.29 is 0 Å². The average Bonchev–Trinajstić information content (AvgIpc) is 3.47. The molecule has 0 aliphatic rings. The van der Waals surface area contributed by atoms with Crippen LogP contribution in [0.25, 0.3) is 86.4 Å². The quantitative estimate of drug-likeness (QED) is 0.199. The van der Waals surface area contributed by atoms with Crippen LogP contribution in [-0.2, 0) is 0 Å². The molecule has 0 bridgehead atoms. The zero-order chi connectivity index (χ0) is 28.3. The van der Waals surface area contributed by atoms with Gasteiger partial charge in [-0.1, -0.05) is 121 Å². The van der Waals surface area contributed by atoms with E-state index in [-0.39, 0.29) is 0 Å². The molecular weight excluding hydrogens is 541 g/mol. The molecule has 9 aromatic rings. The van der Waals surface area contributed by atoms with Crippen molar-refractivity contribution in [3.05, 3.63) is 146 Å². The average molecular weight is 565 g/mol. The Morgan fingerprint density at radius 1 is 0.349 bits per heavy atom. The molecule has 0 aliphatic heterocycles. The van der Waals surface area contributed by atoms with Gasteiger partial charge < -0.3 is 0 Å². The summed E-state index contributed by atoms with van der Waals surface area (Å²) in [4.78, 5) is 10.1. The second kappa shape index (κ2) is 9.59. The van der Waals surface area contributed by atoms with Crippen molar-refractivity contribution in [2.24, 2.45) is 0 Å². The van der Waals surface area contributed by atoms with Crippen LogP contribution in [0.4, 0.5) is 0 Å². The summed E-state index contributed by atoms with van der Waals surface area (Å²) in [5.41, 5.74) is 4.99. The van der Waals surface area contributed by atoms with Gasteiger partial charge in [-0.25, -0.2) is 9.97 Å². The lowest BCUT2D eigenvalue weighted by Gasteiger charge is -2.14. The first-order chi connectivity index (χ1) is 21.3. The first-order valence-electron chi connectivity index (χ1n) is 14.5. The first-order valence-corrected chi connectivity index (χ1v) is 15.3. The van der Waals surface area contributed by atoms with Crippen LogP contribution in [0, 0.1) is 0 Å². The van der Waals surface area contributed by atoms with E-state index in [9.17, 15) is 0 Å². The van der Waals surface area contributed by atoms with E-state index in [1.807, 2.05) is 35.6 Å². The molecule has 0 amide bonds. The Kier molecular flexibility index (Phi) is 5.40. The van der Waals surface area contributed by atoms with Gasteiger partial charge in [0.25, 0.3) is 0 Å². The highest BCUT2D eigenvalue weighted by Crippen LogP contribution is 2.45. The molecule has 3 heteroatoms. The van der Waals surface area contributed by atoms with E-state index in [1.54, 1.807) is 0 Å². The van der Waals surface area contributed by atoms with Gasteiger partial charge in [-0.2, -0.15) is 0 Å². The van der Waals surface area contributed by atoms with Crippen molar-refractivity contribution in [3.8, 4) is 33.9 Å². The Balaban J connectivity index is 1.36. The summed E-state index contributed by atoms with van der Waals surface area (Å²) in [6, 6.07) is 51.8. The van der Waals surface area contributed by atoms with Gasteiger partial charge in [0.1, 0.15) is 0 Å². The third-order valence-electron chi connectivity index (χ3n) is 8.46. The minimum Gasteiger partial charge on any atom is -0.228 e. The third kappa shape index (κ3) is 3.86. The highest BCUT2D eigenvalue weighted by atomic mass is 32.1. The standard InChI is InChI=1S/C40H24N2S/c1-3-11-25(12-4-1)34-24-35(42-40(41-34)26-13-5-2-6-14-26)27-19-20-31-33(23-27)29-16-8-7-15-28(29)30-21-22-37-39(38(30)31)32-17-9-10-18-36(32)43-37/h1-24H. The van der Waals surface area contributed by atoms with Crippen molar-refractivity contribution >= 4 is 63.8 Å². The van der Waals surface area contributed by atoms with Crippen LogP contribution in [0.1, 0.15) is 0 Å². The van der Waals surface area contributed by atoms with Gasteiger partial charge in [0.05, 0.1) is 11.4 Å². The first kappa shape index (κ1) is 24.2. The van der Waals surface area contributed by atoms with Crippen LogP contribution in [-0.4, -0.2) is 9.97 Å². The molecule has 0 fully saturated rings. The summed E-state index contributed by atoms with van der Waals surface area (Å²) in [6.45, 7) is 0. The highest BCUT2D eigenvalue weighted by molar-refractivity contribution is 7.26. The number of benzene rings is 7. The Labute approximate surface area is 252 Å². The van der Waals surface area contributed by atoms with Crippen molar-refractivity contribution in [1.82, 2.24) is 9.97 Å². The smallest absolute Gasteiger partial charge is 0.160 e. The maximum atomic E-state index is 5.12. The van der Waals surface area contributed by atoms with E-state index >= 15 is 0 Å². The molecule has 7 aromatic carbocycles. The molecule has 2 heterocycles. The summed E-state index contributed by atoms with van der Waals surface area (Å²) in [5, 5.41) is 10.3. The third-order valence-corrected chi connectivity index (χ3v) is 9.60. The van der Waals surface area contributed by atoms with Crippen LogP contribution in [0.2, 0.25) is 0 Å². The van der Waals surface area contributed by atoms with E-state index < -0.39 is 0 Å². The highest BCUT2D eigenvalue weighted by Gasteiger charge is 2.17. The number of rotatable bonds is 3. The summed E-state index contributed by atoms with van der Waals surface area (Å²) in [7, 11) is 0. The second-order valence-corrected chi connectivity index (χ2v) is 12.0. The van der Waals surface area contributed by atoms with Crippen molar-refractivity contribution in [2.75, 3.05) is 0 Å². The SMILES string of the molecule is c1ccc(-c2cc(-c3ccc4c(c3)c3ccccc3c3ccc5sc6ccccc6c5c34)nc(-c3ccccc3)n2)cc1. The number of hydrogen-bond acceptors (Lipinski definition) is 3. The molecule has 200 valence electrons. The number of aromatic nitrogens is 2. The molecule has 43 heavy (non-hydrogen) atoms. The molecule has 0 aliphatic carbocycles. The minimum atomic E-state index is 0.729. The lowest BCUT2D eigenvalue weighted by molar-refractivity contribution is 1.18. The number of thiophene rings is 1. The minimum absolute atomic E-state index is 0.729. The van der Waals surface area contributed by atoms with Crippen molar-refractivity contribution in [3.63, 3.8) is 0 Å². The zero-order valence-electron chi connectivity index (χ0n) is 23.2. The van der Waals surface area contributed by atoms with Gasteiger partial charge in [0.2, 0.25) is 0 Å². The molecule has 0 saturated carbocycles. The Bertz CT molecular complexity index is 2440. The lowest BCUT2D eigenvalue weighted by atomic mass is 9.90.